The van der Waals surface area contributed by atoms with E-state index in [2.05, 4.69) is 26.2 Å². The summed E-state index contributed by atoms with van der Waals surface area (Å²) < 4.78 is 0. The molecule has 4 heteroatoms. The Labute approximate surface area is 117 Å². The number of carbonyl (C=O) groups is 1. The van der Waals surface area contributed by atoms with Gasteiger partial charge in [0, 0.05) is 17.6 Å². The molecule has 0 aromatic carbocycles. The number of carbonyl (C=O) groups excluding carboxylic acids is 1. The third-order valence-electron chi connectivity index (χ3n) is 3.65. The predicted molar refractivity (Wildman–Crippen MR) is 76.0 cm³/mol. The Balaban J connectivity index is 2.04. The zero-order valence-electron chi connectivity index (χ0n) is 10.7. The lowest BCUT2D eigenvalue weighted by Gasteiger charge is -2.30. The molecule has 1 aliphatic carbocycles. The molecule has 1 aromatic rings. The second-order valence-corrected chi connectivity index (χ2v) is 5.60. The van der Waals surface area contributed by atoms with Gasteiger partial charge < -0.3 is 5.32 Å². The molecule has 3 nitrogen and oxygen atoms in total. The van der Waals surface area contributed by atoms with Crippen molar-refractivity contribution in [2.45, 2.75) is 38.6 Å². The standard InChI is InChI=1S/C14H19BrN2O/c1-10-5-4-8-16-13(10)14(18)17-12-7-3-2-6-11(12)9-15/h4-5,8,11-12H,2-3,6-7,9H2,1H3,(H,17,18). The van der Waals surface area contributed by atoms with E-state index in [-0.39, 0.29) is 11.9 Å². The Bertz CT molecular complexity index is 422. The van der Waals surface area contributed by atoms with E-state index >= 15 is 0 Å². The van der Waals surface area contributed by atoms with Crippen molar-refractivity contribution in [3.63, 3.8) is 0 Å². The second-order valence-electron chi connectivity index (χ2n) is 4.95. The van der Waals surface area contributed by atoms with Gasteiger partial charge in [0.25, 0.3) is 5.91 Å². The highest BCUT2D eigenvalue weighted by Gasteiger charge is 2.26. The average molecular weight is 311 g/mol. The SMILES string of the molecule is Cc1cccnc1C(=O)NC1CCCCC1CBr. The monoisotopic (exact) mass is 310 g/mol. The van der Waals surface area contributed by atoms with Crippen LogP contribution in [0.3, 0.4) is 0 Å². The molecule has 18 heavy (non-hydrogen) atoms. The molecule has 1 amide bonds. The highest BCUT2D eigenvalue weighted by molar-refractivity contribution is 9.09. The molecular weight excluding hydrogens is 292 g/mol. The van der Waals surface area contributed by atoms with Crippen LogP contribution in [-0.2, 0) is 0 Å². The summed E-state index contributed by atoms with van der Waals surface area (Å²) in [5, 5.41) is 4.10. The van der Waals surface area contributed by atoms with Gasteiger partial charge in [-0.05, 0) is 37.3 Å². The maximum absolute atomic E-state index is 12.2. The number of halogens is 1. The number of alkyl halides is 1. The van der Waals surface area contributed by atoms with E-state index in [0.29, 0.717) is 11.6 Å². The second kappa shape index (κ2) is 6.32. The molecule has 2 atom stereocenters. The van der Waals surface area contributed by atoms with Crippen LogP contribution < -0.4 is 5.32 Å². The average Bonchev–Trinajstić information content (AvgIpc) is 2.39. The highest BCUT2D eigenvalue weighted by atomic mass is 79.9. The van der Waals surface area contributed by atoms with Gasteiger partial charge in [-0.25, -0.2) is 0 Å². The van der Waals surface area contributed by atoms with Gasteiger partial charge in [-0.1, -0.05) is 34.8 Å². The van der Waals surface area contributed by atoms with E-state index in [1.165, 1.54) is 19.3 Å². The van der Waals surface area contributed by atoms with Gasteiger partial charge in [-0.3, -0.25) is 9.78 Å². The van der Waals surface area contributed by atoms with Gasteiger partial charge in [-0.2, -0.15) is 0 Å². The first-order chi connectivity index (χ1) is 8.72. The van der Waals surface area contributed by atoms with Gasteiger partial charge in [-0.15, -0.1) is 0 Å². The van der Waals surface area contributed by atoms with Crippen LogP contribution in [0.15, 0.2) is 18.3 Å². The summed E-state index contributed by atoms with van der Waals surface area (Å²) in [4.78, 5) is 16.4. The Morgan fingerprint density at radius 3 is 3.00 bits per heavy atom. The summed E-state index contributed by atoms with van der Waals surface area (Å²) in [6.45, 7) is 1.92. The molecule has 0 bridgehead atoms. The number of aryl methyl sites for hydroxylation is 1. The maximum Gasteiger partial charge on any atom is 0.270 e. The fraction of sp³-hybridized carbons (Fsp3) is 0.571. The Morgan fingerprint density at radius 2 is 2.28 bits per heavy atom. The summed E-state index contributed by atoms with van der Waals surface area (Å²) in [5.41, 5.74) is 1.48. The molecule has 1 aliphatic rings. The van der Waals surface area contributed by atoms with Crippen LogP contribution in [0.2, 0.25) is 0 Å². The van der Waals surface area contributed by atoms with Gasteiger partial charge in [0.15, 0.2) is 0 Å². The van der Waals surface area contributed by atoms with Crippen LogP contribution in [0.5, 0.6) is 0 Å². The molecule has 0 radical (unpaired) electrons. The van der Waals surface area contributed by atoms with Crippen molar-refractivity contribution in [1.29, 1.82) is 0 Å². The van der Waals surface area contributed by atoms with Crippen LogP contribution in [0.25, 0.3) is 0 Å². The molecule has 98 valence electrons. The van der Waals surface area contributed by atoms with E-state index in [1.807, 2.05) is 19.1 Å². The lowest BCUT2D eigenvalue weighted by molar-refractivity contribution is 0.0906. The van der Waals surface area contributed by atoms with E-state index < -0.39 is 0 Å². The fourth-order valence-corrected chi connectivity index (χ4v) is 3.32. The number of nitrogens with one attached hydrogen (secondary N) is 1. The summed E-state index contributed by atoms with van der Waals surface area (Å²) >= 11 is 3.55. The number of rotatable bonds is 3. The quantitative estimate of drug-likeness (QED) is 0.872. The molecule has 0 saturated heterocycles. The summed E-state index contributed by atoms with van der Waals surface area (Å²) in [6, 6.07) is 4.06. The minimum Gasteiger partial charge on any atom is -0.348 e. The predicted octanol–water partition coefficient (Wildman–Crippen LogP) is 3.07. The Morgan fingerprint density at radius 1 is 1.50 bits per heavy atom. The molecule has 0 aliphatic heterocycles. The first-order valence-electron chi connectivity index (χ1n) is 6.51. The van der Waals surface area contributed by atoms with Crippen LogP contribution in [0, 0.1) is 12.8 Å². The topological polar surface area (TPSA) is 42.0 Å². The first-order valence-corrected chi connectivity index (χ1v) is 7.63. The van der Waals surface area contributed by atoms with Gasteiger partial charge in [0.05, 0.1) is 0 Å². The van der Waals surface area contributed by atoms with Crippen LogP contribution in [0.1, 0.15) is 41.7 Å². The van der Waals surface area contributed by atoms with Crippen molar-refractivity contribution in [2.24, 2.45) is 5.92 Å². The summed E-state index contributed by atoms with van der Waals surface area (Å²) in [5.74, 6) is 0.512. The fourth-order valence-electron chi connectivity index (χ4n) is 2.54. The number of hydrogen-bond donors (Lipinski definition) is 1. The highest BCUT2D eigenvalue weighted by Crippen LogP contribution is 2.26. The molecule has 1 aromatic heterocycles. The lowest BCUT2D eigenvalue weighted by Crippen LogP contribution is -2.43. The smallest absolute Gasteiger partial charge is 0.270 e. The largest absolute Gasteiger partial charge is 0.348 e. The van der Waals surface area contributed by atoms with E-state index in [0.717, 1.165) is 17.3 Å². The molecular formula is C14H19BrN2O. The van der Waals surface area contributed by atoms with E-state index in [1.54, 1.807) is 6.20 Å². The molecule has 0 spiro atoms. The summed E-state index contributed by atoms with van der Waals surface area (Å²) in [6.07, 6.45) is 6.41. The number of nitrogens with zero attached hydrogens (tertiary/aromatic N) is 1. The molecule has 1 N–H and O–H groups in total. The maximum atomic E-state index is 12.2. The van der Waals surface area contributed by atoms with Gasteiger partial charge >= 0.3 is 0 Å². The summed E-state index contributed by atoms with van der Waals surface area (Å²) in [7, 11) is 0. The third-order valence-corrected chi connectivity index (χ3v) is 4.48. The van der Waals surface area contributed by atoms with Gasteiger partial charge in [0.2, 0.25) is 0 Å². The molecule has 2 rings (SSSR count). The molecule has 1 fully saturated rings. The van der Waals surface area contributed by atoms with Crippen LogP contribution in [-0.4, -0.2) is 22.3 Å². The number of aromatic nitrogens is 1. The van der Waals surface area contributed by atoms with E-state index in [9.17, 15) is 4.79 Å². The minimum atomic E-state index is -0.0362. The normalized spacial score (nSPS) is 23.7. The van der Waals surface area contributed by atoms with Crippen LogP contribution >= 0.6 is 15.9 Å². The number of hydrogen-bond acceptors (Lipinski definition) is 2. The minimum absolute atomic E-state index is 0.0362. The van der Waals surface area contributed by atoms with Crippen molar-refractivity contribution >= 4 is 21.8 Å². The number of amides is 1. The molecule has 1 saturated carbocycles. The Kier molecular flexibility index (Phi) is 4.75. The van der Waals surface area contributed by atoms with Crippen molar-refractivity contribution in [3.05, 3.63) is 29.6 Å². The van der Waals surface area contributed by atoms with Gasteiger partial charge in [0.1, 0.15) is 5.69 Å². The lowest BCUT2D eigenvalue weighted by atomic mass is 9.86. The third kappa shape index (κ3) is 3.10. The molecule has 2 unspecified atom stereocenters. The zero-order chi connectivity index (χ0) is 13.0. The first kappa shape index (κ1) is 13.5. The van der Waals surface area contributed by atoms with E-state index in [4.69, 9.17) is 0 Å². The van der Waals surface area contributed by atoms with Crippen molar-refractivity contribution in [3.8, 4) is 0 Å². The van der Waals surface area contributed by atoms with Crippen molar-refractivity contribution in [2.75, 3.05) is 5.33 Å². The van der Waals surface area contributed by atoms with Crippen molar-refractivity contribution < 1.29 is 4.79 Å². The molecule has 1 heterocycles. The zero-order valence-corrected chi connectivity index (χ0v) is 12.2. The Hall–Kier alpha value is -0.900. The van der Waals surface area contributed by atoms with Crippen molar-refractivity contribution in [1.82, 2.24) is 10.3 Å². The van der Waals surface area contributed by atoms with Crippen LogP contribution in [0.4, 0.5) is 0 Å². The number of pyridine rings is 1.